The van der Waals surface area contributed by atoms with Crippen molar-refractivity contribution in [2.45, 2.75) is 6.42 Å². The number of aliphatic hydroxyl groups is 1. The van der Waals surface area contributed by atoms with Gasteiger partial charge in [0.2, 0.25) is 0 Å². The molecule has 0 radical (unpaired) electrons. The second-order valence-electron chi connectivity index (χ2n) is 2.29. The summed E-state index contributed by atoms with van der Waals surface area (Å²) >= 11 is 0. The minimum Gasteiger partial charge on any atom is -0.545 e. The molecule has 0 saturated heterocycles. The van der Waals surface area contributed by atoms with Gasteiger partial charge in [-0.05, 0) is 18.1 Å². The molecule has 1 rings (SSSR count). The molecule has 0 bridgehead atoms. The maximum atomic E-state index is 10.5. The molecule has 1 heterocycles. The molecule has 0 aliphatic heterocycles. The number of rotatable bonds is 3. The van der Waals surface area contributed by atoms with Gasteiger partial charge in [-0.15, -0.1) is 0 Å². The molecule has 0 saturated carbocycles. The monoisotopic (exact) mass is 205 g/mol. The summed E-state index contributed by atoms with van der Waals surface area (Å²) in [5.41, 5.74) is 0.596. The fourth-order valence-electron chi connectivity index (χ4n) is 0.946. The fourth-order valence-corrected chi connectivity index (χ4v) is 0.946. The number of hydrogen-bond acceptors (Lipinski definition) is 4. The van der Waals surface area contributed by atoms with Crippen LogP contribution < -0.4 is 56.5 Å². The van der Waals surface area contributed by atoms with Gasteiger partial charge in [-0.25, -0.2) is 0 Å². The van der Waals surface area contributed by atoms with E-state index in [0.29, 0.717) is 12.0 Å². The van der Waals surface area contributed by atoms with Crippen LogP contribution in [-0.2, 0) is 6.42 Å². The van der Waals surface area contributed by atoms with Crippen molar-refractivity contribution in [1.82, 2.24) is 4.98 Å². The largest absolute Gasteiger partial charge is 1.00 e. The SMILES string of the molecule is O=C([O-])c1cnccc1CCO.[K+]. The first-order chi connectivity index (χ1) is 5.75. The van der Waals surface area contributed by atoms with E-state index in [4.69, 9.17) is 5.11 Å². The quantitative estimate of drug-likeness (QED) is 0.510. The van der Waals surface area contributed by atoms with Gasteiger partial charge in [-0.3, -0.25) is 4.98 Å². The van der Waals surface area contributed by atoms with Gasteiger partial charge in [0.05, 0.1) is 5.97 Å². The molecule has 0 spiro atoms. The van der Waals surface area contributed by atoms with Crippen LogP contribution in [0.3, 0.4) is 0 Å². The van der Waals surface area contributed by atoms with Crippen LogP contribution in [0.5, 0.6) is 0 Å². The number of nitrogens with zero attached hydrogens (tertiary/aromatic N) is 1. The zero-order valence-corrected chi connectivity index (χ0v) is 10.5. The van der Waals surface area contributed by atoms with Crippen molar-refractivity contribution in [3.63, 3.8) is 0 Å². The number of aromatic carboxylic acids is 1. The zero-order chi connectivity index (χ0) is 8.97. The predicted molar refractivity (Wildman–Crippen MR) is 39.4 cm³/mol. The number of carbonyl (C=O) groups is 1. The maximum Gasteiger partial charge on any atom is 1.00 e. The molecule has 0 fully saturated rings. The molecule has 13 heavy (non-hydrogen) atoms. The Morgan fingerprint density at radius 3 is 2.85 bits per heavy atom. The van der Waals surface area contributed by atoms with Crippen LogP contribution in [0.25, 0.3) is 0 Å². The molecule has 0 unspecified atom stereocenters. The summed E-state index contributed by atoms with van der Waals surface area (Å²) in [4.78, 5) is 14.1. The maximum absolute atomic E-state index is 10.5. The number of carbonyl (C=O) groups excluding carboxylic acids is 1. The summed E-state index contributed by atoms with van der Waals surface area (Å²) in [5, 5.41) is 19.1. The van der Waals surface area contributed by atoms with Gasteiger partial charge in [0.25, 0.3) is 0 Å². The van der Waals surface area contributed by atoms with E-state index in [2.05, 4.69) is 4.98 Å². The molecular formula is C8H8KNO3. The average Bonchev–Trinajstić information content (AvgIpc) is 2.05. The van der Waals surface area contributed by atoms with Crippen molar-refractivity contribution in [3.05, 3.63) is 29.6 Å². The van der Waals surface area contributed by atoms with Crippen molar-refractivity contribution in [3.8, 4) is 0 Å². The first-order valence-corrected chi connectivity index (χ1v) is 3.51. The fraction of sp³-hybridized carbons (Fsp3) is 0.250. The average molecular weight is 205 g/mol. The van der Waals surface area contributed by atoms with Crippen LogP contribution >= 0.6 is 0 Å². The first kappa shape index (κ1) is 13.2. The van der Waals surface area contributed by atoms with Gasteiger partial charge in [-0.2, -0.15) is 0 Å². The molecule has 0 atom stereocenters. The Balaban J connectivity index is 0.00000144. The van der Waals surface area contributed by atoms with Crippen molar-refractivity contribution in [1.29, 1.82) is 0 Å². The Morgan fingerprint density at radius 2 is 2.31 bits per heavy atom. The molecule has 64 valence electrons. The summed E-state index contributed by atoms with van der Waals surface area (Å²) < 4.78 is 0. The van der Waals surface area contributed by atoms with Crippen molar-refractivity contribution in [2.24, 2.45) is 0 Å². The van der Waals surface area contributed by atoms with Crippen LogP contribution in [0.4, 0.5) is 0 Å². The summed E-state index contributed by atoms with van der Waals surface area (Å²) in [5.74, 6) is -1.26. The van der Waals surface area contributed by atoms with Gasteiger partial charge in [0.15, 0.2) is 0 Å². The third-order valence-corrected chi connectivity index (χ3v) is 1.51. The Morgan fingerprint density at radius 1 is 1.62 bits per heavy atom. The smallest absolute Gasteiger partial charge is 0.545 e. The Kier molecular flexibility index (Phi) is 6.75. The predicted octanol–water partition coefficient (Wildman–Crippen LogP) is -4.02. The molecule has 0 aliphatic carbocycles. The van der Waals surface area contributed by atoms with Gasteiger partial charge in [0, 0.05) is 24.6 Å². The van der Waals surface area contributed by atoms with Gasteiger partial charge < -0.3 is 15.0 Å². The van der Waals surface area contributed by atoms with Crippen LogP contribution in [0.2, 0.25) is 0 Å². The minimum atomic E-state index is -1.26. The topological polar surface area (TPSA) is 73.2 Å². The number of aromatic nitrogens is 1. The van der Waals surface area contributed by atoms with E-state index < -0.39 is 5.97 Å². The molecule has 1 aromatic rings. The molecule has 1 N–H and O–H groups in total. The normalized spacial score (nSPS) is 9.00. The van der Waals surface area contributed by atoms with E-state index in [-0.39, 0.29) is 63.6 Å². The molecule has 5 heteroatoms. The first-order valence-electron chi connectivity index (χ1n) is 3.51. The Labute approximate surface area is 118 Å². The summed E-state index contributed by atoms with van der Waals surface area (Å²) in [7, 11) is 0. The Bertz CT molecular complexity index is 290. The zero-order valence-electron chi connectivity index (χ0n) is 7.36. The summed E-state index contributed by atoms with van der Waals surface area (Å²) in [6.07, 6.45) is 3.02. The van der Waals surface area contributed by atoms with Crippen molar-refractivity contribution >= 4 is 5.97 Å². The molecule has 0 aliphatic rings. The number of carboxylic acids is 1. The third kappa shape index (κ3) is 3.84. The molecule has 0 aromatic carbocycles. The number of aliphatic hydroxyl groups excluding tert-OH is 1. The second kappa shape index (κ2) is 6.64. The van der Waals surface area contributed by atoms with Crippen molar-refractivity contribution < 1.29 is 66.4 Å². The van der Waals surface area contributed by atoms with Gasteiger partial charge in [0.1, 0.15) is 0 Å². The van der Waals surface area contributed by atoms with E-state index in [9.17, 15) is 9.90 Å². The van der Waals surface area contributed by atoms with Crippen LogP contribution in [-0.4, -0.2) is 22.7 Å². The molecule has 0 amide bonds. The van der Waals surface area contributed by atoms with Gasteiger partial charge >= 0.3 is 51.4 Å². The van der Waals surface area contributed by atoms with Crippen LogP contribution in [0.15, 0.2) is 18.5 Å². The number of pyridine rings is 1. The van der Waals surface area contributed by atoms with Crippen molar-refractivity contribution in [2.75, 3.05) is 6.61 Å². The van der Waals surface area contributed by atoms with Crippen LogP contribution in [0.1, 0.15) is 15.9 Å². The second-order valence-corrected chi connectivity index (χ2v) is 2.29. The molecular weight excluding hydrogens is 197 g/mol. The van der Waals surface area contributed by atoms with E-state index >= 15 is 0 Å². The van der Waals surface area contributed by atoms with E-state index in [1.807, 2.05) is 0 Å². The standard InChI is InChI=1S/C8H9NO3.K/c10-4-2-6-1-3-9-5-7(6)8(11)12;/h1,3,5,10H,2,4H2,(H,11,12);/q;+1/p-1. The summed E-state index contributed by atoms with van der Waals surface area (Å²) in [6, 6.07) is 1.56. The summed E-state index contributed by atoms with van der Waals surface area (Å²) in [6.45, 7) is -0.0791. The molecule has 4 nitrogen and oxygen atoms in total. The number of carboxylic acid groups (broad SMARTS) is 1. The van der Waals surface area contributed by atoms with E-state index in [1.165, 1.54) is 12.4 Å². The van der Waals surface area contributed by atoms with Gasteiger partial charge in [-0.1, -0.05) is 0 Å². The molecule has 1 aromatic heterocycles. The van der Waals surface area contributed by atoms with E-state index in [1.54, 1.807) is 6.07 Å². The third-order valence-electron chi connectivity index (χ3n) is 1.51. The Hall–Kier alpha value is 0.216. The minimum absolute atomic E-state index is 0. The van der Waals surface area contributed by atoms with E-state index in [0.717, 1.165) is 0 Å². The number of hydrogen-bond donors (Lipinski definition) is 1. The van der Waals surface area contributed by atoms with Crippen LogP contribution in [0, 0.1) is 0 Å².